The van der Waals surface area contributed by atoms with Crippen LogP contribution in [0.1, 0.15) is 39.5 Å². The molecule has 0 spiro atoms. The summed E-state index contributed by atoms with van der Waals surface area (Å²) in [4.78, 5) is 4.42. The molecule has 64 valence electrons. The molecular weight excluding hydrogens is 136 g/mol. The number of rotatable bonds is 2. The summed E-state index contributed by atoms with van der Waals surface area (Å²) < 4.78 is 0. The Morgan fingerprint density at radius 1 is 1.55 bits per heavy atom. The SMILES string of the molecule is CCC1CCCC1N=C(C)N. The Kier molecular flexibility index (Phi) is 2.92. The third-order valence-corrected chi connectivity index (χ3v) is 2.51. The highest BCUT2D eigenvalue weighted by molar-refractivity contribution is 5.77. The second-order valence-electron chi connectivity index (χ2n) is 3.44. The van der Waals surface area contributed by atoms with Crippen LogP contribution >= 0.6 is 0 Å². The number of hydrogen-bond acceptors (Lipinski definition) is 1. The van der Waals surface area contributed by atoms with Crippen molar-refractivity contribution in [1.29, 1.82) is 0 Å². The zero-order valence-corrected chi connectivity index (χ0v) is 7.51. The lowest BCUT2D eigenvalue weighted by Crippen LogP contribution is -2.16. The number of nitrogens with zero attached hydrogens (tertiary/aromatic N) is 1. The van der Waals surface area contributed by atoms with Crippen molar-refractivity contribution in [3.63, 3.8) is 0 Å². The smallest absolute Gasteiger partial charge is 0.0909 e. The molecule has 1 rings (SSSR count). The number of nitrogens with two attached hydrogens (primary N) is 1. The van der Waals surface area contributed by atoms with E-state index in [0.717, 1.165) is 11.8 Å². The molecule has 1 fully saturated rings. The third kappa shape index (κ3) is 2.21. The van der Waals surface area contributed by atoms with Crippen molar-refractivity contribution in [1.82, 2.24) is 0 Å². The van der Waals surface area contributed by atoms with Crippen LogP contribution in [-0.4, -0.2) is 11.9 Å². The van der Waals surface area contributed by atoms with Crippen molar-refractivity contribution in [2.24, 2.45) is 16.6 Å². The van der Waals surface area contributed by atoms with Crippen LogP contribution in [0.4, 0.5) is 0 Å². The minimum atomic E-state index is 0.532. The second kappa shape index (κ2) is 3.74. The molecule has 0 bridgehead atoms. The van der Waals surface area contributed by atoms with Crippen LogP contribution in [0.25, 0.3) is 0 Å². The fraction of sp³-hybridized carbons (Fsp3) is 0.889. The van der Waals surface area contributed by atoms with Crippen LogP contribution in [0, 0.1) is 5.92 Å². The molecule has 0 heterocycles. The van der Waals surface area contributed by atoms with Gasteiger partial charge in [0, 0.05) is 0 Å². The van der Waals surface area contributed by atoms with Crippen LogP contribution in [0.3, 0.4) is 0 Å². The molecule has 2 nitrogen and oxygen atoms in total. The Hall–Kier alpha value is -0.530. The third-order valence-electron chi connectivity index (χ3n) is 2.51. The first-order valence-corrected chi connectivity index (χ1v) is 4.54. The summed E-state index contributed by atoms with van der Waals surface area (Å²) in [7, 11) is 0. The molecular formula is C9H18N2. The summed E-state index contributed by atoms with van der Waals surface area (Å²) in [6.45, 7) is 4.12. The normalized spacial score (nSPS) is 32.7. The Labute approximate surface area is 68.9 Å². The number of aliphatic imine (C=N–C) groups is 1. The Balaban J connectivity index is 2.50. The highest BCUT2D eigenvalue weighted by atomic mass is 14.9. The van der Waals surface area contributed by atoms with Gasteiger partial charge in [-0.25, -0.2) is 0 Å². The lowest BCUT2D eigenvalue weighted by Gasteiger charge is -2.12. The monoisotopic (exact) mass is 154 g/mol. The van der Waals surface area contributed by atoms with E-state index in [1.807, 2.05) is 6.92 Å². The van der Waals surface area contributed by atoms with Gasteiger partial charge in [0.2, 0.25) is 0 Å². The Bertz CT molecular complexity index is 148. The average Bonchev–Trinajstić information content (AvgIpc) is 2.34. The van der Waals surface area contributed by atoms with E-state index in [1.165, 1.54) is 25.7 Å². The average molecular weight is 154 g/mol. The maximum absolute atomic E-state index is 5.54. The van der Waals surface area contributed by atoms with Gasteiger partial charge in [-0.2, -0.15) is 0 Å². The van der Waals surface area contributed by atoms with Gasteiger partial charge >= 0.3 is 0 Å². The molecule has 0 aromatic heterocycles. The second-order valence-corrected chi connectivity index (χ2v) is 3.44. The van der Waals surface area contributed by atoms with Gasteiger partial charge in [0.15, 0.2) is 0 Å². The van der Waals surface area contributed by atoms with Crippen molar-refractivity contribution in [3.05, 3.63) is 0 Å². The lowest BCUT2D eigenvalue weighted by atomic mass is 10.0. The molecule has 2 heteroatoms. The molecule has 11 heavy (non-hydrogen) atoms. The van der Waals surface area contributed by atoms with E-state index in [2.05, 4.69) is 11.9 Å². The molecule has 1 saturated carbocycles. The molecule has 2 unspecified atom stereocenters. The summed E-state index contributed by atoms with van der Waals surface area (Å²) in [6, 6.07) is 0.532. The van der Waals surface area contributed by atoms with Gasteiger partial charge in [-0.05, 0) is 25.7 Å². The molecule has 0 saturated heterocycles. The van der Waals surface area contributed by atoms with Crippen LogP contribution < -0.4 is 5.73 Å². The summed E-state index contributed by atoms with van der Waals surface area (Å²) in [6.07, 6.45) is 5.17. The number of amidine groups is 1. The van der Waals surface area contributed by atoms with Gasteiger partial charge in [-0.15, -0.1) is 0 Å². The van der Waals surface area contributed by atoms with E-state index in [0.29, 0.717) is 6.04 Å². The standard InChI is InChI=1S/C9H18N2/c1-3-8-5-4-6-9(8)11-7(2)10/h8-9H,3-6H2,1-2H3,(H2,10,11). The largest absolute Gasteiger partial charge is 0.388 e. The number of hydrogen-bond donors (Lipinski definition) is 1. The van der Waals surface area contributed by atoms with Crippen molar-refractivity contribution in [2.45, 2.75) is 45.6 Å². The van der Waals surface area contributed by atoms with Gasteiger partial charge in [-0.1, -0.05) is 19.8 Å². The van der Waals surface area contributed by atoms with Gasteiger partial charge in [0.1, 0.15) is 0 Å². The van der Waals surface area contributed by atoms with Crippen LogP contribution in [-0.2, 0) is 0 Å². The van der Waals surface area contributed by atoms with Crippen LogP contribution in [0.2, 0.25) is 0 Å². The van der Waals surface area contributed by atoms with Gasteiger partial charge in [0.05, 0.1) is 11.9 Å². The van der Waals surface area contributed by atoms with Gasteiger partial charge < -0.3 is 5.73 Å². The minimum Gasteiger partial charge on any atom is -0.388 e. The van der Waals surface area contributed by atoms with Crippen molar-refractivity contribution < 1.29 is 0 Å². The maximum atomic E-state index is 5.54. The first-order chi connectivity index (χ1) is 5.24. The molecule has 0 aliphatic heterocycles. The lowest BCUT2D eigenvalue weighted by molar-refractivity contribution is 0.468. The zero-order valence-electron chi connectivity index (χ0n) is 7.51. The Morgan fingerprint density at radius 2 is 2.27 bits per heavy atom. The van der Waals surface area contributed by atoms with Crippen molar-refractivity contribution >= 4 is 5.84 Å². The summed E-state index contributed by atoms with van der Waals surface area (Å²) in [5.41, 5.74) is 5.54. The first kappa shape index (κ1) is 8.57. The molecule has 1 aliphatic rings. The van der Waals surface area contributed by atoms with E-state index < -0.39 is 0 Å². The van der Waals surface area contributed by atoms with E-state index in [9.17, 15) is 0 Å². The van der Waals surface area contributed by atoms with Crippen LogP contribution in [0.15, 0.2) is 4.99 Å². The van der Waals surface area contributed by atoms with E-state index in [4.69, 9.17) is 5.73 Å². The first-order valence-electron chi connectivity index (χ1n) is 4.54. The molecule has 0 aromatic rings. The van der Waals surface area contributed by atoms with E-state index >= 15 is 0 Å². The fourth-order valence-electron chi connectivity index (χ4n) is 1.92. The maximum Gasteiger partial charge on any atom is 0.0909 e. The molecule has 0 aromatic carbocycles. The highest BCUT2D eigenvalue weighted by Crippen LogP contribution is 2.30. The fourth-order valence-corrected chi connectivity index (χ4v) is 1.92. The van der Waals surface area contributed by atoms with E-state index in [-0.39, 0.29) is 0 Å². The van der Waals surface area contributed by atoms with Crippen molar-refractivity contribution in [2.75, 3.05) is 0 Å². The van der Waals surface area contributed by atoms with E-state index in [1.54, 1.807) is 0 Å². The molecule has 2 N–H and O–H groups in total. The van der Waals surface area contributed by atoms with Gasteiger partial charge in [-0.3, -0.25) is 4.99 Å². The molecule has 2 atom stereocenters. The minimum absolute atomic E-state index is 0.532. The summed E-state index contributed by atoms with van der Waals surface area (Å²) >= 11 is 0. The Morgan fingerprint density at radius 3 is 2.82 bits per heavy atom. The highest BCUT2D eigenvalue weighted by Gasteiger charge is 2.24. The van der Waals surface area contributed by atoms with Gasteiger partial charge in [0.25, 0.3) is 0 Å². The summed E-state index contributed by atoms with van der Waals surface area (Å²) in [5.74, 6) is 1.55. The predicted octanol–water partition coefficient (Wildman–Crippen LogP) is 1.94. The summed E-state index contributed by atoms with van der Waals surface area (Å²) in [5, 5.41) is 0. The zero-order chi connectivity index (χ0) is 8.27. The molecule has 0 radical (unpaired) electrons. The topological polar surface area (TPSA) is 38.4 Å². The van der Waals surface area contributed by atoms with Crippen LogP contribution in [0.5, 0.6) is 0 Å². The predicted molar refractivity (Wildman–Crippen MR) is 48.7 cm³/mol. The van der Waals surface area contributed by atoms with Crippen molar-refractivity contribution in [3.8, 4) is 0 Å². The quantitative estimate of drug-likeness (QED) is 0.479. The molecule has 1 aliphatic carbocycles. The molecule has 0 amide bonds.